The molecular formula is C26H40F3NO3. The molecule has 0 spiro atoms. The van der Waals surface area contributed by atoms with Crippen molar-refractivity contribution >= 4 is 11.9 Å². The van der Waals surface area contributed by atoms with E-state index < -0.39 is 41.4 Å². The summed E-state index contributed by atoms with van der Waals surface area (Å²) >= 11 is 0. The number of nitrogens with one attached hydrogen (secondary N) is 1. The van der Waals surface area contributed by atoms with Gasteiger partial charge in [-0.15, -0.1) is 0 Å². The Kier molecular flexibility index (Phi) is 16.1. The van der Waals surface area contributed by atoms with E-state index in [9.17, 15) is 22.8 Å². The number of amides is 1. The number of hydrogen-bond donors (Lipinski definition) is 1. The van der Waals surface area contributed by atoms with Crippen molar-refractivity contribution in [2.45, 2.75) is 103 Å². The van der Waals surface area contributed by atoms with Crippen molar-refractivity contribution in [3.63, 3.8) is 0 Å². The summed E-state index contributed by atoms with van der Waals surface area (Å²) in [6.07, 6.45) is 18.7. The van der Waals surface area contributed by atoms with Gasteiger partial charge in [0, 0.05) is 0 Å². The first-order valence-electron chi connectivity index (χ1n) is 12.5. The molecule has 1 N–H and O–H groups in total. The fraction of sp³-hybridized carbons (Fsp3) is 0.692. The van der Waals surface area contributed by atoms with E-state index in [1.807, 2.05) is 0 Å². The Balaban J connectivity index is 1.93. The summed E-state index contributed by atoms with van der Waals surface area (Å²) < 4.78 is 44.7. The van der Waals surface area contributed by atoms with Gasteiger partial charge in [0.2, 0.25) is 0 Å². The first-order chi connectivity index (χ1) is 16.0. The molecule has 0 radical (unpaired) electrons. The van der Waals surface area contributed by atoms with E-state index in [0.717, 1.165) is 25.3 Å². The molecule has 0 saturated carbocycles. The monoisotopic (exact) mass is 471 g/mol. The van der Waals surface area contributed by atoms with Crippen molar-refractivity contribution < 1.29 is 27.5 Å². The van der Waals surface area contributed by atoms with Gasteiger partial charge in [0.05, 0.1) is 12.2 Å². The molecule has 7 heteroatoms. The number of carbonyl (C=O) groups is 2. The van der Waals surface area contributed by atoms with E-state index in [1.165, 1.54) is 77.0 Å². The molecule has 33 heavy (non-hydrogen) atoms. The molecule has 0 atom stereocenters. The van der Waals surface area contributed by atoms with Crippen LogP contribution < -0.4 is 5.32 Å². The Labute approximate surface area is 196 Å². The molecule has 0 heterocycles. The van der Waals surface area contributed by atoms with E-state index in [-0.39, 0.29) is 6.61 Å². The molecule has 1 rings (SSSR count). The maximum absolute atomic E-state index is 13.6. The maximum Gasteiger partial charge on any atom is 0.325 e. The van der Waals surface area contributed by atoms with Crippen LogP contribution in [0, 0.1) is 17.5 Å². The van der Waals surface area contributed by atoms with Crippen LogP contribution in [0.1, 0.15) is 114 Å². The van der Waals surface area contributed by atoms with Crippen molar-refractivity contribution in [2.24, 2.45) is 0 Å². The zero-order chi connectivity index (χ0) is 24.3. The highest BCUT2D eigenvalue weighted by Gasteiger charge is 2.19. The molecule has 0 unspecified atom stereocenters. The SMILES string of the molecule is CCCCCCCCCCCCCCCCCOC(=O)CNC(=O)c1ccc(F)c(F)c1F. The number of carbonyl (C=O) groups excluding carboxylic acids is 2. The number of benzene rings is 1. The quantitative estimate of drug-likeness (QED) is 0.131. The average molecular weight is 472 g/mol. The molecule has 1 aromatic rings. The lowest BCUT2D eigenvalue weighted by atomic mass is 10.0. The van der Waals surface area contributed by atoms with Crippen molar-refractivity contribution in [3.8, 4) is 0 Å². The van der Waals surface area contributed by atoms with E-state index in [1.54, 1.807) is 0 Å². The third-order valence-corrected chi connectivity index (χ3v) is 5.68. The van der Waals surface area contributed by atoms with Crippen molar-refractivity contribution in [2.75, 3.05) is 13.2 Å². The number of esters is 1. The van der Waals surface area contributed by atoms with Gasteiger partial charge in [-0.2, -0.15) is 0 Å². The number of ether oxygens (including phenoxy) is 1. The smallest absolute Gasteiger partial charge is 0.325 e. The lowest BCUT2D eigenvalue weighted by Crippen LogP contribution is -2.31. The minimum atomic E-state index is -1.72. The van der Waals surface area contributed by atoms with Crippen LogP contribution in [0.2, 0.25) is 0 Å². The Hall–Kier alpha value is -2.05. The second-order valence-electron chi connectivity index (χ2n) is 8.58. The number of hydrogen-bond acceptors (Lipinski definition) is 3. The molecule has 1 amide bonds. The molecule has 1 aromatic carbocycles. The van der Waals surface area contributed by atoms with E-state index in [2.05, 4.69) is 12.2 Å². The standard InChI is InChI=1S/C26H40F3NO3/c1-2-3-4-5-6-7-8-9-10-11-12-13-14-15-16-19-33-23(31)20-30-26(32)21-17-18-22(27)25(29)24(21)28/h17-18H,2-16,19-20H2,1H3,(H,30,32). The molecule has 0 fully saturated rings. The Morgan fingerprint density at radius 2 is 1.21 bits per heavy atom. The second kappa shape index (κ2) is 18.4. The largest absolute Gasteiger partial charge is 0.464 e. The molecule has 0 aliphatic rings. The van der Waals surface area contributed by atoms with Gasteiger partial charge in [0.15, 0.2) is 17.5 Å². The zero-order valence-electron chi connectivity index (χ0n) is 20.0. The first kappa shape index (κ1) is 29.0. The van der Waals surface area contributed by atoms with E-state index in [4.69, 9.17) is 4.74 Å². The fourth-order valence-corrected chi connectivity index (χ4v) is 3.66. The number of halogens is 3. The summed E-state index contributed by atoms with van der Waals surface area (Å²) in [6.45, 7) is 2.04. The van der Waals surface area contributed by atoms with Gasteiger partial charge < -0.3 is 10.1 Å². The topological polar surface area (TPSA) is 55.4 Å². The lowest BCUT2D eigenvalue weighted by Gasteiger charge is -2.08. The van der Waals surface area contributed by atoms with E-state index in [0.29, 0.717) is 6.07 Å². The fourth-order valence-electron chi connectivity index (χ4n) is 3.66. The minimum absolute atomic E-state index is 0.256. The molecule has 0 bridgehead atoms. The van der Waals surface area contributed by atoms with Crippen LogP contribution >= 0.6 is 0 Å². The summed E-state index contributed by atoms with van der Waals surface area (Å²) in [7, 11) is 0. The first-order valence-corrected chi connectivity index (χ1v) is 12.5. The van der Waals surface area contributed by atoms with Gasteiger partial charge in [-0.3, -0.25) is 9.59 Å². The van der Waals surface area contributed by atoms with Gasteiger partial charge >= 0.3 is 5.97 Å². The van der Waals surface area contributed by atoms with Crippen LogP contribution in [0.4, 0.5) is 13.2 Å². The average Bonchev–Trinajstić information content (AvgIpc) is 2.80. The summed E-state index contributed by atoms with van der Waals surface area (Å²) in [5.74, 6) is -6.35. The van der Waals surface area contributed by atoms with Crippen LogP contribution in [0.25, 0.3) is 0 Å². The summed E-state index contributed by atoms with van der Waals surface area (Å²) in [5, 5.41) is 2.15. The third-order valence-electron chi connectivity index (χ3n) is 5.68. The van der Waals surface area contributed by atoms with Gasteiger partial charge in [-0.05, 0) is 18.6 Å². The van der Waals surface area contributed by atoms with Gasteiger partial charge in [0.1, 0.15) is 6.54 Å². The van der Waals surface area contributed by atoms with E-state index >= 15 is 0 Å². The summed E-state index contributed by atoms with van der Waals surface area (Å²) in [4.78, 5) is 23.5. The highest BCUT2D eigenvalue weighted by molar-refractivity contribution is 5.96. The lowest BCUT2D eigenvalue weighted by molar-refractivity contribution is -0.142. The highest BCUT2D eigenvalue weighted by Crippen LogP contribution is 2.15. The van der Waals surface area contributed by atoms with Crippen LogP contribution in [-0.2, 0) is 9.53 Å². The Bertz CT molecular complexity index is 698. The molecule has 0 saturated heterocycles. The molecule has 0 aromatic heterocycles. The summed E-state index contributed by atoms with van der Waals surface area (Å²) in [5.41, 5.74) is -0.663. The normalized spacial score (nSPS) is 10.9. The Morgan fingerprint density at radius 3 is 1.73 bits per heavy atom. The van der Waals surface area contributed by atoms with Gasteiger partial charge in [0.25, 0.3) is 5.91 Å². The van der Waals surface area contributed by atoms with Gasteiger partial charge in [-0.1, -0.05) is 96.8 Å². The zero-order valence-corrected chi connectivity index (χ0v) is 20.0. The minimum Gasteiger partial charge on any atom is -0.464 e. The van der Waals surface area contributed by atoms with Crippen molar-refractivity contribution in [1.29, 1.82) is 0 Å². The number of rotatable bonds is 19. The van der Waals surface area contributed by atoms with Crippen molar-refractivity contribution in [1.82, 2.24) is 5.32 Å². The predicted molar refractivity (Wildman–Crippen MR) is 125 cm³/mol. The molecule has 0 aliphatic carbocycles. The van der Waals surface area contributed by atoms with Gasteiger partial charge in [-0.25, -0.2) is 13.2 Å². The van der Waals surface area contributed by atoms with Crippen LogP contribution in [-0.4, -0.2) is 25.0 Å². The Morgan fingerprint density at radius 1 is 0.727 bits per heavy atom. The van der Waals surface area contributed by atoms with Crippen LogP contribution in [0.5, 0.6) is 0 Å². The molecule has 188 valence electrons. The second-order valence-corrected chi connectivity index (χ2v) is 8.58. The third kappa shape index (κ3) is 13.3. The molecular weight excluding hydrogens is 431 g/mol. The maximum atomic E-state index is 13.6. The highest BCUT2D eigenvalue weighted by atomic mass is 19.2. The predicted octanol–water partition coefficient (Wildman–Crippen LogP) is 7.25. The number of unbranched alkanes of at least 4 members (excludes halogenated alkanes) is 14. The van der Waals surface area contributed by atoms with Crippen LogP contribution in [0.3, 0.4) is 0 Å². The van der Waals surface area contributed by atoms with Crippen LogP contribution in [0.15, 0.2) is 12.1 Å². The molecule has 0 aliphatic heterocycles. The molecule has 4 nitrogen and oxygen atoms in total. The van der Waals surface area contributed by atoms with Crippen molar-refractivity contribution in [3.05, 3.63) is 35.1 Å². The summed E-state index contributed by atoms with van der Waals surface area (Å²) in [6, 6.07) is 1.48.